The summed E-state index contributed by atoms with van der Waals surface area (Å²) in [4.78, 5) is 0. The second-order valence-corrected chi connectivity index (χ2v) is 8.02. The Morgan fingerprint density at radius 2 is 0.889 bits per heavy atom. The van der Waals surface area contributed by atoms with Gasteiger partial charge >= 0.3 is 0 Å². The van der Waals surface area contributed by atoms with E-state index in [1.807, 2.05) is 0 Å². The molecule has 5 aromatic carbocycles. The van der Waals surface area contributed by atoms with Crippen LogP contribution in [0.5, 0.6) is 0 Å². The summed E-state index contributed by atoms with van der Waals surface area (Å²) in [7, 11) is 0. The lowest BCUT2D eigenvalue weighted by Crippen LogP contribution is -1.86. The molecule has 0 saturated carbocycles. The summed E-state index contributed by atoms with van der Waals surface area (Å²) < 4.78 is 1.26. The van der Waals surface area contributed by atoms with Crippen LogP contribution in [0.4, 0.5) is 0 Å². The molecule has 0 nitrogen and oxygen atoms in total. The molecule has 0 spiro atoms. The molecule has 5 rings (SSSR count). The van der Waals surface area contributed by atoms with Gasteiger partial charge in [-0.3, -0.25) is 0 Å². The first-order valence-electron chi connectivity index (χ1n) is 9.06. The van der Waals surface area contributed by atoms with E-state index in [1.165, 1.54) is 47.4 Å². The highest BCUT2D eigenvalue weighted by Crippen LogP contribution is 2.37. The molecule has 0 radical (unpaired) electrons. The molecular weight excluding hydrogens is 439 g/mol. The Labute approximate surface area is 172 Å². The standard InChI is InChI=1S/C26H17I/c27-23-15-13-19(14-16-23)18-9-11-20(12-10-18)26-24-7-3-1-5-21(24)17-22-6-2-4-8-25(22)26/h1-17H. The van der Waals surface area contributed by atoms with Crippen LogP contribution in [0.25, 0.3) is 43.8 Å². The van der Waals surface area contributed by atoms with Crippen LogP contribution in [-0.4, -0.2) is 0 Å². The monoisotopic (exact) mass is 456 g/mol. The lowest BCUT2D eigenvalue weighted by molar-refractivity contribution is 1.59. The molecule has 0 atom stereocenters. The summed E-state index contributed by atoms with van der Waals surface area (Å²) >= 11 is 2.34. The Morgan fingerprint density at radius 1 is 0.444 bits per heavy atom. The third kappa shape index (κ3) is 3.02. The molecule has 128 valence electrons. The van der Waals surface area contributed by atoms with Gasteiger partial charge in [-0.25, -0.2) is 0 Å². The van der Waals surface area contributed by atoms with E-state index < -0.39 is 0 Å². The van der Waals surface area contributed by atoms with Gasteiger partial charge in [-0.2, -0.15) is 0 Å². The van der Waals surface area contributed by atoms with Gasteiger partial charge in [0.2, 0.25) is 0 Å². The molecular formula is C26H17I. The molecule has 0 amide bonds. The average Bonchev–Trinajstić information content (AvgIpc) is 2.73. The molecule has 0 unspecified atom stereocenters. The van der Waals surface area contributed by atoms with Crippen molar-refractivity contribution in [3.63, 3.8) is 0 Å². The maximum absolute atomic E-state index is 2.34. The minimum absolute atomic E-state index is 1.25. The van der Waals surface area contributed by atoms with Crippen LogP contribution >= 0.6 is 22.6 Å². The third-order valence-electron chi connectivity index (χ3n) is 5.12. The van der Waals surface area contributed by atoms with Crippen LogP contribution in [0.2, 0.25) is 0 Å². The van der Waals surface area contributed by atoms with Crippen molar-refractivity contribution in [3.8, 4) is 22.3 Å². The predicted molar refractivity (Wildman–Crippen MR) is 125 cm³/mol. The largest absolute Gasteiger partial charge is 0.0616 e. The molecule has 0 saturated heterocycles. The van der Waals surface area contributed by atoms with Crippen molar-refractivity contribution in [2.45, 2.75) is 0 Å². The lowest BCUT2D eigenvalue weighted by Gasteiger charge is -2.13. The van der Waals surface area contributed by atoms with Gasteiger partial charge in [0, 0.05) is 3.57 Å². The zero-order valence-electron chi connectivity index (χ0n) is 14.7. The summed E-state index contributed by atoms with van der Waals surface area (Å²) in [5.41, 5.74) is 5.08. The minimum Gasteiger partial charge on any atom is -0.0616 e. The first-order valence-corrected chi connectivity index (χ1v) is 10.1. The number of fused-ring (bicyclic) bond motifs is 2. The van der Waals surface area contributed by atoms with E-state index in [4.69, 9.17) is 0 Å². The Kier molecular flexibility index (Phi) is 4.17. The fourth-order valence-electron chi connectivity index (χ4n) is 3.80. The van der Waals surface area contributed by atoms with Crippen molar-refractivity contribution in [1.82, 2.24) is 0 Å². The van der Waals surface area contributed by atoms with Crippen LogP contribution in [-0.2, 0) is 0 Å². The average molecular weight is 456 g/mol. The van der Waals surface area contributed by atoms with Gasteiger partial charge in [0.1, 0.15) is 0 Å². The van der Waals surface area contributed by atoms with Crippen molar-refractivity contribution < 1.29 is 0 Å². The second kappa shape index (κ2) is 6.82. The SMILES string of the molecule is Ic1ccc(-c2ccc(-c3c4ccccc4cc4ccccc34)cc2)cc1. The van der Waals surface area contributed by atoms with Crippen molar-refractivity contribution in [1.29, 1.82) is 0 Å². The van der Waals surface area contributed by atoms with Gasteiger partial charge in [0.15, 0.2) is 0 Å². The molecule has 0 aliphatic carbocycles. The highest BCUT2D eigenvalue weighted by Gasteiger charge is 2.10. The maximum atomic E-state index is 2.34. The highest BCUT2D eigenvalue weighted by molar-refractivity contribution is 14.1. The number of hydrogen-bond donors (Lipinski definition) is 0. The van der Waals surface area contributed by atoms with E-state index in [0.717, 1.165) is 0 Å². The van der Waals surface area contributed by atoms with Gasteiger partial charge in [0.05, 0.1) is 0 Å². The summed E-state index contributed by atoms with van der Waals surface area (Å²) in [5, 5.41) is 5.18. The molecule has 0 aliphatic heterocycles. The third-order valence-corrected chi connectivity index (χ3v) is 5.84. The van der Waals surface area contributed by atoms with Crippen molar-refractivity contribution in [2.24, 2.45) is 0 Å². The Balaban J connectivity index is 1.71. The summed E-state index contributed by atoms with van der Waals surface area (Å²) in [6, 6.07) is 37.3. The summed E-state index contributed by atoms with van der Waals surface area (Å²) in [5.74, 6) is 0. The van der Waals surface area contributed by atoms with Crippen LogP contribution in [0.15, 0.2) is 103 Å². The van der Waals surface area contributed by atoms with Gasteiger partial charge in [0.25, 0.3) is 0 Å². The first-order chi connectivity index (χ1) is 13.3. The molecule has 0 heterocycles. The number of rotatable bonds is 2. The minimum atomic E-state index is 1.25. The maximum Gasteiger partial charge on any atom is 0.0130 e. The van der Waals surface area contributed by atoms with Gasteiger partial charge in [-0.05, 0) is 84.6 Å². The van der Waals surface area contributed by atoms with Crippen LogP contribution in [0.1, 0.15) is 0 Å². The molecule has 0 fully saturated rings. The molecule has 0 aliphatic rings. The molecule has 0 N–H and O–H groups in total. The van der Waals surface area contributed by atoms with Crippen molar-refractivity contribution >= 4 is 44.1 Å². The van der Waals surface area contributed by atoms with E-state index >= 15 is 0 Å². The molecule has 5 aromatic rings. The van der Waals surface area contributed by atoms with Crippen LogP contribution < -0.4 is 0 Å². The van der Waals surface area contributed by atoms with Gasteiger partial charge in [-0.15, -0.1) is 0 Å². The number of hydrogen-bond acceptors (Lipinski definition) is 0. The molecule has 0 bridgehead atoms. The zero-order valence-corrected chi connectivity index (χ0v) is 16.9. The molecule has 0 aromatic heterocycles. The quantitative estimate of drug-likeness (QED) is 0.187. The van der Waals surface area contributed by atoms with E-state index in [0.29, 0.717) is 0 Å². The fraction of sp³-hybridized carbons (Fsp3) is 0. The molecule has 27 heavy (non-hydrogen) atoms. The van der Waals surface area contributed by atoms with E-state index in [-0.39, 0.29) is 0 Å². The van der Waals surface area contributed by atoms with Crippen molar-refractivity contribution in [3.05, 3.63) is 107 Å². The van der Waals surface area contributed by atoms with E-state index in [1.54, 1.807) is 0 Å². The van der Waals surface area contributed by atoms with Gasteiger partial charge in [-0.1, -0.05) is 84.9 Å². The normalized spacial score (nSPS) is 11.1. The lowest BCUT2D eigenvalue weighted by atomic mass is 9.91. The smallest absolute Gasteiger partial charge is 0.0130 e. The number of halogens is 1. The van der Waals surface area contributed by atoms with E-state index in [9.17, 15) is 0 Å². The Bertz CT molecular complexity index is 1200. The predicted octanol–water partition coefficient (Wildman–Crippen LogP) is 7.93. The Morgan fingerprint density at radius 3 is 1.44 bits per heavy atom. The second-order valence-electron chi connectivity index (χ2n) is 6.78. The van der Waals surface area contributed by atoms with Crippen molar-refractivity contribution in [2.75, 3.05) is 0 Å². The topological polar surface area (TPSA) is 0 Å². The summed E-state index contributed by atoms with van der Waals surface area (Å²) in [6.45, 7) is 0. The fourth-order valence-corrected chi connectivity index (χ4v) is 4.16. The zero-order chi connectivity index (χ0) is 18.2. The highest BCUT2D eigenvalue weighted by atomic mass is 127. The summed E-state index contributed by atoms with van der Waals surface area (Å²) in [6.07, 6.45) is 0. The van der Waals surface area contributed by atoms with Crippen LogP contribution in [0, 0.1) is 3.57 Å². The molecule has 1 heteroatoms. The first kappa shape index (κ1) is 16.5. The van der Waals surface area contributed by atoms with Gasteiger partial charge < -0.3 is 0 Å². The Hall–Kier alpha value is -2.65. The van der Waals surface area contributed by atoms with Crippen LogP contribution in [0.3, 0.4) is 0 Å². The van der Waals surface area contributed by atoms with E-state index in [2.05, 4.69) is 126 Å². The number of benzene rings is 5.